The number of hydrogen-bond acceptors (Lipinski definition) is 5. The van der Waals surface area contributed by atoms with Crippen LogP contribution in [0.1, 0.15) is 17.7 Å². The summed E-state index contributed by atoms with van der Waals surface area (Å²) in [6, 6.07) is 3.90. The van der Waals surface area contributed by atoms with Gasteiger partial charge in [0.25, 0.3) is 0 Å². The summed E-state index contributed by atoms with van der Waals surface area (Å²) in [4.78, 5) is 6.55. The largest absolute Gasteiger partial charge is 0.355 e. The van der Waals surface area contributed by atoms with Crippen molar-refractivity contribution in [1.82, 2.24) is 4.98 Å². The van der Waals surface area contributed by atoms with E-state index in [0.717, 1.165) is 23.6 Å². The maximum Gasteiger partial charge on any atom is 0.152 e. The van der Waals surface area contributed by atoms with Crippen LogP contribution in [0.5, 0.6) is 0 Å². The molecule has 0 unspecified atom stereocenters. The highest BCUT2D eigenvalue weighted by atomic mass is 32.2. The minimum Gasteiger partial charge on any atom is -0.355 e. The number of pyridine rings is 1. The summed E-state index contributed by atoms with van der Waals surface area (Å²) < 4.78 is 23.2. The van der Waals surface area contributed by atoms with Crippen molar-refractivity contribution >= 4 is 15.7 Å². The number of aromatic nitrogens is 1. The third kappa shape index (κ3) is 3.00. The second kappa shape index (κ2) is 5.24. The zero-order chi connectivity index (χ0) is 13.2. The van der Waals surface area contributed by atoms with Crippen LogP contribution in [-0.4, -0.2) is 38.0 Å². The Hall–Kier alpha value is -1.14. The van der Waals surface area contributed by atoms with Gasteiger partial charge >= 0.3 is 0 Å². The number of hydrogen-bond donors (Lipinski definition) is 1. The van der Waals surface area contributed by atoms with Crippen molar-refractivity contribution in [3.8, 4) is 0 Å². The molecule has 1 aromatic rings. The molecule has 0 amide bonds. The van der Waals surface area contributed by atoms with Crippen LogP contribution < -0.4 is 10.6 Å². The van der Waals surface area contributed by atoms with Crippen molar-refractivity contribution in [2.75, 3.05) is 29.5 Å². The summed E-state index contributed by atoms with van der Waals surface area (Å²) in [7, 11) is -2.89. The van der Waals surface area contributed by atoms with E-state index in [4.69, 9.17) is 5.73 Å². The van der Waals surface area contributed by atoms with E-state index in [1.165, 1.54) is 0 Å². The van der Waals surface area contributed by atoms with E-state index in [2.05, 4.69) is 4.98 Å². The van der Waals surface area contributed by atoms with E-state index in [9.17, 15) is 8.42 Å². The maximum absolute atomic E-state index is 11.6. The van der Waals surface area contributed by atoms with E-state index >= 15 is 0 Å². The SMILES string of the molecule is Cc1ccc(CN)c(N2CCCS(=O)(=O)CC2)n1. The molecule has 0 aliphatic carbocycles. The van der Waals surface area contributed by atoms with Crippen molar-refractivity contribution in [2.24, 2.45) is 5.73 Å². The summed E-state index contributed by atoms with van der Waals surface area (Å²) in [5.74, 6) is 1.31. The molecule has 2 N–H and O–H groups in total. The molecule has 5 nitrogen and oxygen atoms in total. The molecule has 0 radical (unpaired) electrons. The van der Waals surface area contributed by atoms with Crippen LogP contribution in [0.3, 0.4) is 0 Å². The Bertz CT molecular complexity index is 528. The number of anilines is 1. The second-order valence-electron chi connectivity index (χ2n) is 4.63. The molecule has 2 heterocycles. The predicted molar refractivity (Wildman–Crippen MR) is 72.3 cm³/mol. The average Bonchev–Trinajstić information content (AvgIpc) is 2.50. The second-order valence-corrected chi connectivity index (χ2v) is 6.94. The molecule has 2 rings (SSSR count). The van der Waals surface area contributed by atoms with Crippen LogP contribution in [0, 0.1) is 6.92 Å². The zero-order valence-corrected chi connectivity index (χ0v) is 11.4. The fourth-order valence-corrected chi connectivity index (χ4v) is 3.43. The van der Waals surface area contributed by atoms with E-state index < -0.39 is 9.84 Å². The van der Waals surface area contributed by atoms with Gasteiger partial charge in [0.1, 0.15) is 5.82 Å². The Balaban J connectivity index is 2.28. The number of sulfone groups is 1. The first-order valence-electron chi connectivity index (χ1n) is 6.14. The molecule has 1 aliphatic heterocycles. The van der Waals surface area contributed by atoms with Gasteiger partial charge in [-0.25, -0.2) is 13.4 Å². The molecular formula is C12H19N3O2S. The van der Waals surface area contributed by atoms with Crippen molar-refractivity contribution in [3.05, 3.63) is 23.4 Å². The molecule has 1 aliphatic rings. The fourth-order valence-electron chi connectivity index (χ4n) is 2.16. The number of nitrogens with two attached hydrogens (primary N) is 1. The van der Waals surface area contributed by atoms with Gasteiger partial charge in [-0.1, -0.05) is 6.07 Å². The first kappa shape index (κ1) is 13.3. The molecule has 1 fully saturated rings. The lowest BCUT2D eigenvalue weighted by Gasteiger charge is -2.23. The minimum absolute atomic E-state index is 0.201. The van der Waals surface area contributed by atoms with Gasteiger partial charge in [0.2, 0.25) is 0 Å². The van der Waals surface area contributed by atoms with Crippen LogP contribution in [-0.2, 0) is 16.4 Å². The Morgan fingerprint density at radius 1 is 1.33 bits per heavy atom. The minimum atomic E-state index is -2.89. The molecule has 1 saturated heterocycles. The maximum atomic E-state index is 11.6. The quantitative estimate of drug-likeness (QED) is 0.845. The van der Waals surface area contributed by atoms with Crippen molar-refractivity contribution < 1.29 is 8.42 Å². The average molecular weight is 269 g/mol. The summed E-state index contributed by atoms with van der Waals surface area (Å²) in [5.41, 5.74) is 7.61. The van der Waals surface area contributed by atoms with Gasteiger partial charge in [0.15, 0.2) is 9.84 Å². The Labute approximate surface area is 108 Å². The normalized spacial score (nSPS) is 19.6. The zero-order valence-electron chi connectivity index (χ0n) is 10.6. The molecule has 0 aromatic carbocycles. The number of rotatable bonds is 2. The highest BCUT2D eigenvalue weighted by molar-refractivity contribution is 7.91. The smallest absolute Gasteiger partial charge is 0.152 e. The monoisotopic (exact) mass is 269 g/mol. The molecule has 6 heteroatoms. The fraction of sp³-hybridized carbons (Fsp3) is 0.583. The summed E-state index contributed by atoms with van der Waals surface area (Å²) >= 11 is 0. The lowest BCUT2D eigenvalue weighted by molar-refractivity contribution is 0.597. The molecular weight excluding hydrogens is 250 g/mol. The van der Waals surface area contributed by atoms with Gasteiger partial charge in [0.05, 0.1) is 11.5 Å². The Kier molecular flexibility index (Phi) is 3.87. The van der Waals surface area contributed by atoms with Gasteiger partial charge in [-0.3, -0.25) is 0 Å². The van der Waals surface area contributed by atoms with Crippen LogP contribution >= 0.6 is 0 Å². The van der Waals surface area contributed by atoms with Gasteiger partial charge in [-0.05, 0) is 19.4 Å². The predicted octanol–water partition coefficient (Wildman–Crippen LogP) is 0.474. The molecule has 18 heavy (non-hydrogen) atoms. The van der Waals surface area contributed by atoms with Crippen molar-refractivity contribution in [3.63, 3.8) is 0 Å². The lowest BCUT2D eigenvalue weighted by Crippen LogP contribution is -2.29. The molecule has 0 spiro atoms. The molecule has 0 atom stereocenters. The highest BCUT2D eigenvalue weighted by Gasteiger charge is 2.21. The van der Waals surface area contributed by atoms with E-state index in [1.54, 1.807) is 0 Å². The van der Waals surface area contributed by atoms with Crippen LogP contribution in [0.4, 0.5) is 5.82 Å². The van der Waals surface area contributed by atoms with Crippen molar-refractivity contribution in [2.45, 2.75) is 19.9 Å². The first-order chi connectivity index (χ1) is 8.52. The Morgan fingerprint density at radius 3 is 2.83 bits per heavy atom. The van der Waals surface area contributed by atoms with Crippen LogP contribution in [0.25, 0.3) is 0 Å². The standard InChI is InChI=1S/C12H19N3O2S/c1-10-3-4-11(9-13)12(14-10)15-5-2-7-18(16,17)8-6-15/h3-4H,2,5-9,13H2,1H3. The van der Waals surface area contributed by atoms with Crippen LogP contribution in [0.2, 0.25) is 0 Å². The number of nitrogens with zero attached hydrogens (tertiary/aromatic N) is 2. The lowest BCUT2D eigenvalue weighted by atomic mass is 10.2. The summed E-state index contributed by atoms with van der Waals surface area (Å²) in [6.45, 7) is 3.58. The molecule has 100 valence electrons. The molecule has 0 bridgehead atoms. The van der Waals surface area contributed by atoms with Gasteiger partial charge in [-0.15, -0.1) is 0 Å². The molecule has 0 saturated carbocycles. The van der Waals surface area contributed by atoms with Crippen LogP contribution in [0.15, 0.2) is 12.1 Å². The highest BCUT2D eigenvalue weighted by Crippen LogP contribution is 2.20. The van der Waals surface area contributed by atoms with Gasteiger partial charge in [0, 0.05) is 30.9 Å². The Morgan fingerprint density at radius 2 is 2.11 bits per heavy atom. The van der Waals surface area contributed by atoms with E-state index in [-0.39, 0.29) is 11.5 Å². The van der Waals surface area contributed by atoms with Gasteiger partial charge < -0.3 is 10.6 Å². The van der Waals surface area contributed by atoms with Crippen molar-refractivity contribution in [1.29, 1.82) is 0 Å². The molecule has 1 aromatic heterocycles. The first-order valence-corrected chi connectivity index (χ1v) is 7.96. The summed E-state index contributed by atoms with van der Waals surface area (Å²) in [6.07, 6.45) is 0.655. The topological polar surface area (TPSA) is 76.3 Å². The van der Waals surface area contributed by atoms with E-state index in [1.807, 2.05) is 24.0 Å². The summed E-state index contributed by atoms with van der Waals surface area (Å²) in [5, 5.41) is 0. The third-order valence-electron chi connectivity index (χ3n) is 3.17. The van der Waals surface area contributed by atoms with E-state index in [0.29, 0.717) is 19.5 Å². The third-order valence-corrected chi connectivity index (χ3v) is 4.89. The van der Waals surface area contributed by atoms with Gasteiger partial charge in [-0.2, -0.15) is 0 Å². The number of aryl methyl sites for hydroxylation is 1.